The van der Waals surface area contributed by atoms with E-state index in [1.54, 1.807) is 0 Å². The van der Waals surface area contributed by atoms with Crippen LogP contribution in [0.5, 0.6) is 0 Å². The van der Waals surface area contributed by atoms with Crippen LogP contribution in [-0.2, 0) is 7.05 Å². The minimum atomic E-state index is 0.163. The molecule has 4 nitrogen and oxygen atoms in total. The van der Waals surface area contributed by atoms with Crippen molar-refractivity contribution in [2.45, 2.75) is 24.3 Å². The minimum absolute atomic E-state index is 0.163. The van der Waals surface area contributed by atoms with Gasteiger partial charge in [-0.25, -0.2) is 0 Å². The van der Waals surface area contributed by atoms with Crippen molar-refractivity contribution in [2.75, 3.05) is 6.61 Å². The zero-order valence-electron chi connectivity index (χ0n) is 7.48. The van der Waals surface area contributed by atoms with Crippen LogP contribution in [0, 0.1) is 6.92 Å². The molecule has 1 heterocycles. The standard InChI is InChI=1S/C7H13N3OS/c1-5(4-11)12-7-9-8-6(2)10(7)3/h5,11H,4H2,1-3H3. The smallest absolute Gasteiger partial charge is 0.191 e. The summed E-state index contributed by atoms with van der Waals surface area (Å²) >= 11 is 1.53. The van der Waals surface area contributed by atoms with Crippen LogP contribution in [0.4, 0.5) is 0 Å². The molecule has 0 aliphatic rings. The molecule has 68 valence electrons. The van der Waals surface area contributed by atoms with Gasteiger partial charge in [0.05, 0.1) is 6.61 Å². The predicted octanol–water partition coefficient (Wildman–Crippen LogP) is 0.596. The third-order valence-corrected chi connectivity index (χ3v) is 2.73. The van der Waals surface area contributed by atoms with E-state index in [4.69, 9.17) is 5.11 Å². The number of hydrogen-bond acceptors (Lipinski definition) is 4. The number of aryl methyl sites for hydroxylation is 1. The van der Waals surface area contributed by atoms with E-state index in [1.807, 2.05) is 25.5 Å². The Labute approximate surface area is 76.0 Å². The number of thioether (sulfide) groups is 1. The lowest BCUT2D eigenvalue weighted by molar-refractivity contribution is 0.300. The number of aliphatic hydroxyl groups is 1. The summed E-state index contributed by atoms with van der Waals surface area (Å²) in [5.41, 5.74) is 0. The summed E-state index contributed by atoms with van der Waals surface area (Å²) in [6, 6.07) is 0. The van der Waals surface area contributed by atoms with Gasteiger partial charge in [0, 0.05) is 12.3 Å². The zero-order chi connectivity index (χ0) is 9.14. The highest BCUT2D eigenvalue weighted by Gasteiger charge is 2.09. The van der Waals surface area contributed by atoms with Gasteiger partial charge in [0.15, 0.2) is 5.16 Å². The molecule has 1 unspecified atom stereocenters. The van der Waals surface area contributed by atoms with Gasteiger partial charge in [-0.05, 0) is 6.92 Å². The summed E-state index contributed by atoms with van der Waals surface area (Å²) in [4.78, 5) is 0. The average molecular weight is 187 g/mol. The first-order chi connectivity index (χ1) is 5.65. The molecule has 1 atom stereocenters. The highest BCUT2D eigenvalue weighted by molar-refractivity contribution is 7.99. The molecule has 0 aliphatic carbocycles. The van der Waals surface area contributed by atoms with Crippen LogP contribution in [0.2, 0.25) is 0 Å². The Morgan fingerprint density at radius 3 is 2.67 bits per heavy atom. The first-order valence-corrected chi connectivity index (χ1v) is 4.66. The highest BCUT2D eigenvalue weighted by atomic mass is 32.2. The number of aliphatic hydroxyl groups excluding tert-OH is 1. The van der Waals surface area contributed by atoms with Gasteiger partial charge in [0.25, 0.3) is 0 Å². The molecule has 0 aliphatic heterocycles. The van der Waals surface area contributed by atoms with Crippen molar-refractivity contribution in [1.29, 1.82) is 0 Å². The van der Waals surface area contributed by atoms with Crippen LogP contribution < -0.4 is 0 Å². The molecule has 0 spiro atoms. The Morgan fingerprint density at radius 1 is 1.58 bits per heavy atom. The van der Waals surface area contributed by atoms with Gasteiger partial charge in [-0.3, -0.25) is 0 Å². The lowest BCUT2D eigenvalue weighted by Gasteiger charge is -2.05. The molecule has 0 saturated carbocycles. The van der Waals surface area contributed by atoms with Crippen molar-refractivity contribution >= 4 is 11.8 Å². The van der Waals surface area contributed by atoms with E-state index in [0.29, 0.717) is 0 Å². The second-order valence-electron chi connectivity index (χ2n) is 2.70. The molecule has 0 fully saturated rings. The maximum Gasteiger partial charge on any atom is 0.191 e. The van der Waals surface area contributed by atoms with E-state index in [2.05, 4.69) is 10.2 Å². The lowest BCUT2D eigenvalue weighted by atomic mass is 10.5. The van der Waals surface area contributed by atoms with E-state index < -0.39 is 0 Å². The molecular weight excluding hydrogens is 174 g/mol. The molecule has 0 amide bonds. The summed E-state index contributed by atoms with van der Waals surface area (Å²) in [6.45, 7) is 4.02. The number of nitrogens with zero attached hydrogens (tertiary/aromatic N) is 3. The summed E-state index contributed by atoms with van der Waals surface area (Å²) in [5, 5.41) is 17.7. The Morgan fingerprint density at radius 2 is 2.25 bits per heavy atom. The first-order valence-electron chi connectivity index (χ1n) is 3.78. The largest absolute Gasteiger partial charge is 0.395 e. The average Bonchev–Trinajstić information content (AvgIpc) is 2.36. The van der Waals surface area contributed by atoms with Crippen molar-refractivity contribution in [1.82, 2.24) is 14.8 Å². The van der Waals surface area contributed by atoms with Crippen molar-refractivity contribution < 1.29 is 5.11 Å². The van der Waals surface area contributed by atoms with Gasteiger partial charge in [0.1, 0.15) is 5.82 Å². The number of aromatic nitrogens is 3. The highest BCUT2D eigenvalue weighted by Crippen LogP contribution is 2.20. The molecule has 0 radical (unpaired) electrons. The van der Waals surface area contributed by atoms with Gasteiger partial charge < -0.3 is 9.67 Å². The Kier molecular flexibility index (Phi) is 3.11. The van der Waals surface area contributed by atoms with Crippen molar-refractivity contribution in [3.05, 3.63) is 5.82 Å². The molecule has 1 rings (SSSR count). The Bertz CT molecular complexity index is 261. The third kappa shape index (κ3) is 1.98. The van der Waals surface area contributed by atoms with Gasteiger partial charge in [-0.2, -0.15) is 0 Å². The van der Waals surface area contributed by atoms with Crippen molar-refractivity contribution in [3.63, 3.8) is 0 Å². The molecule has 1 aromatic rings. The van der Waals surface area contributed by atoms with Gasteiger partial charge in [-0.15, -0.1) is 10.2 Å². The van der Waals surface area contributed by atoms with Crippen LogP contribution in [0.3, 0.4) is 0 Å². The minimum Gasteiger partial charge on any atom is -0.395 e. The lowest BCUT2D eigenvalue weighted by Crippen LogP contribution is -2.04. The summed E-state index contributed by atoms with van der Waals surface area (Å²) < 4.78 is 1.91. The van der Waals surface area contributed by atoms with Crippen LogP contribution in [0.15, 0.2) is 5.16 Å². The summed E-state index contributed by atoms with van der Waals surface area (Å²) in [7, 11) is 1.92. The fraction of sp³-hybridized carbons (Fsp3) is 0.714. The second-order valence-corrected chi connectivity index (χ2v) is 4.11. The molecule has 5 heteroatoms. The van der Waals surface area contributed by atoms with E-state index in [0.717, 1.165) is 11.0 Å². The van der Waals surface area contributed by atoms with Crippen LogP contribution in [0.1, 0.15) is 12.7 Å². The third-order valence-electron chi connectivity index (χ3n) is 1.62. The van der Waals surface area contributed by atoms with Gasteiger partial charge in [-0.1, -0.05) is 18.7 Å². The Balaban J connectivity index is 2.69. The van der Waals surface area contributed by atoms with E-state index >= 15 is 0 Å². The first kappa shape index (κ1) is 9.54. The van der Waals surface area contributed by atoms with Gasteiger partial charge >= 0.3 is 0 Å². The predicted molar refractivity (Wildman–Crippen MR) is 48.1 cm³/mol. The fourth-order valence-electron chi connectivity index (χ4n) is 0.708. The molecule has 0 saturated heterocycles. The molecule has 1 N–H and O–H groups in total. The molecular formula is C7H13N3OS. The molecule has 12 heavy (non-hydrogen) atoms. The fourth-order valence-corrected chi connectivity index (χ4v) is 1.52. The SMILES string of the molecule is Cc1nnc(SC(C)CO)n1C. The topological polar surface area (TPSA) is 50.9 Å². The molecule has 0 aromatic carbocycles. The van der Waals surface area contributed by atoms with E-state index in [1.165, 1.54) is 11.8 Å². The van der Waals surface area contributed by atoms with E-state index in [9.17, 15) is 0 Å². The van der Waals surface area contributed by atoms with Gasteiger partial charge in [0.2, 0.25) is 0 Å². The maximum atomic E-state index is 8.82. The Hall–Kier alpha value is -0.550. The van der Waals surface area contributed by atoms with Crippen LogP contribution in [0.25, 0.3) is 0 Å². The summed E-state index contributed by atoms with van der Waals surface area (Å²) in [6.07, 6.45) is 0. The van der Waals surface area contributed by atoms with Crippen LogP contribution >= 0.6 is 11.8 Å². The monoisotopic (exact) mass is 187 g/mol. The normalized spacial score (nSPS) is 13.3. The maximum absolute atomic E-state index is 8.82. The molecule has 0 bridgehead atoms. The second kappa shape index (κ2) is 3.91. The van der Waals surface area contributed by atoms with Crippen LogP contribution in [-0.4, -0.2) is 31.7 Å². The summed E-state index contributed by atoms with van der Waals surface area (Å²) in [5.74, 6) is 0.891. The van der Waals surface area contributed by atoms with Crippen molar-refractivity contribution in [3.8, 4) is 0 Å². The zero-order valence-corrected chi connectivity index (χ0v) is 8.30. The molecule has 1 aromatic heterocycles. The quantitative estimate of drug-likeness (QED) is 0.704. The van der Waals surface area contributed by atoms with Crippen molar-refractivity contribution in [2.24, 2.45) is 7.05 Å². The number of hydrogen-bond donors (Lipinski definition) is 1. The van der Waals surface area contributed by atoms with E-state index in [-0.39, 0.29) is 11.9 Å². The number of rotatable bonds is 3.